The van der Waals surface area contributed by atoms with Gasteiger partial charge in [0.2, 0.25) is 7.37 Å². The van der Waals surface area contributed by atoms with Crippen molar-refractivity contribution in [2.24, 2.45) is 5.92 Å². The Hall–Kier alpha value is 0.110. The van der Waals surface area contributed by atoms with Gasteiger partial charge in [0.15, 0.2) is 0 Å². The van der Waals surface area contributed by atoms with Gasteiger partial charge in [-0.2, -0.15) is 0 Å². The Morgan fingerprint density at radius 3 is 2.60 bits per heavy atom. The summed E-state index contributed by atoms with van der Waals surface area (Å²) in [5.41, 5.74) is 0. The minimum absolute atomic E-state index is 0.00993. The van der Waals surface area contributed by atoms with Crippen LogP contribution in [0.3, 0.4) is 0 Å². The van der Waals surface area contributed by atoms with Crippen molar-refractivity contribution in [3.8, 4) is 0 Å². The molecule has 0 aromatic carbocycles. The molecule has 2 atom stereocenters. The van der Waals surface area contributed by atoms with Crippen molar-refractivity contribution in [2.45, 2.75) is 0 Å². The molecule has 1 fully saturated rings. The lowest BCUT2D eigenvalue weighted by molar-refractivity contribution is 0.203. The molecular formula is C5H11O4P. The van der Waals surface area contributed by atoms with Crippen LogP contribution in [0.2, 0.25) is 0 Å². The lowest BCUT2D eigenvalue weighted by Gasteiger charge is -2.04. The van der Waals surface area contributed by atoms with Crippen LogP contribution in [0.1, 0.15) is 0 Å². The summed E-state index contributed by atoms with van der Waals surface area (Å²) in [5.74, 6) is -0.0435. The third-order valence-corrected chi connectivity index (χ3v) is 3.68. The molecule has 0 saturated carbocycles. The summed E-state index contributed by atoms with van der Waals surface area (Å²) in [6.45, 7) is 0.304. The molecule has 2 unspecified atom stereocenters. The van der Waals surface area contributed by atoms with Crippen molar-refractivity contribution >= 4 is 7.37 Å². The molecule has 1 saturated heterocycles. The molecule has 0 spiro atoms. The summed E-state index contributed by atoms with van der Waals surface area (Å²) in [6.07, 6.45) is -0.0799. The predicted octanol–water partition coefficient (Wildman–Crippen LogP) is -0.147. The van der Waals surface area contributed by atoms with Gasteiger partial charge in [-0.3, -0.25) is 4.57 Å². The predicted molar refractivity (Wildman–Crippen MR) is 36.1 cm³/mol. The van der Waals surface area contributed by atoms with Gasteiger partial charge in [-0.15, -0.1) is 0 Å². The Morgan fingerprint density at radius 2 is 2.30 bits per heavy atom. The van der Waals surface area contributed by atoms with Gasteiger partial charge in [-0.05, 0) is 0 Å². The second kappa shape index (κ2) is 3.01. The summed E-state index contributed by atoms with van der Waals surface area (Å²) in [7, 11) is -2.73. The minimum atomic E-state index is -2.73. The molecule has 0 radical (unpaired) electrons. The lowest BCUT2D eigenvalue weighted by atomic mass is 10.2. The van der Waals surface area contributed by atoms with Crippen molar-refractivity contribution in [2.75, 3.05) is 25.7 Å². The third-order valence-electron chi connectivity index (χ3n) is 1.56. The van der Waals surface area contributed by atoms with Crippen molar-refractivity contribution in [3.63, 3.8) is 0 Å². The maximum absolute atomic E-state index is 11.2. The van der Waals surface area contributed by atoms with E-state index in [2.05, 4.69) is 0 Å². The van der Waals surface area contributed by atoms with Gasteiger partial charge in [-0.25, -0.2) is 0 Å². The fraction of sp³-hybridized carbons (Fsp3) is 1.00. The van der Waals surface area contributed by atoms with Gasteiger partial charge in [0.1, 0.15) is 6.35 Å². The highest BCUT2D eigenvalue weighted by Gasteiger charge is 2.34. The van der Waals surface area contributed by atoms with Crippen LogP contribution in [0.15, 0.2) is 0 Å². The summed E-state index contributed by atoms with van der Waals surface area (Å²) in [6, 6.07) is 0. The van der Waals surface area contributed by atoms with Gasteiger partial charge in [0, 0.05) is 18.7 Å². The number of aliphatic hydroxyl groups is 2. The van der Waals surface area contributed by atoms with Gasteiger partial charge in [0.05, 0.1) is 6.61 Å². The van der Waals surface area contributed by atoms with Gasteiger partial charge >= 0.3 is 0 Å². The maximum atomic E-state index is 11.2. The first-order valence-electron chi connectivity index (χ1n) is 3.14. The number of hydrogen-bond donors (Lipinski definition) is 2. The normalized spacial score (nSPS) is 40.4. The van der Waals surface area contributed by atoms with Crippen LogP contribution in [-0.2, 0) is 9.09 Å². The van der Waals surface area contributed by atoms with Crippen LogP contribution in [0, 0.1) is 5.92 Å². The highest BCUT2D eigenvalue weighted by atomic mass is 31.2. The molecule has 10 heavy (non-hydrogen) atoms. The summed E-state index contributed by atoms with van der Waals surface area (Å²) in [4.78, 5) is 0. The first-order chi connectivity index (χ1) is 4.70. The van der Waals surface area contributed by atoms with E-state index in [-0.39, 0.29) is 12.5 Å². The van der Waals surface area contributed by atoms with E-state index < -0.39 is 13.7 Å². The van der Waals surface area contributed by atoms with Gasteiger partial charge < -0.3 is 14.7 Å². The highest BCUT2D eigenvalue weighted by molar-refractivity contribution is 7.59. The summed E-state index contributed by atoms with van der Waals surface area (Å²) >= 11 is 0. The number of rotatable bonds is 2. The minimum Gasteiger partial charge on any atom is -0.396 e. The topological polar surface area (TPSA) is 66.8 Å². The Bertz CT molecular complexity index is 158. The molecule has 1 rings (SSSR count). The molecule has 0 bridgehead atoms. The highest BCUT2D eigenvalue weighted by Crippen LogP contribution is 2.52. The van der Waals surface area contributed by atoms with Gasteiger partial charge in [-0.1, -0.05) is 0 Å². The van der Waals surface area contributed by atoms with Crippen LogP contribution >= 0.6 is 7.37 Å². The SMILES string of the molecule is O=P1(CO)CC(CO)CO1. The first-order valence-corrected chi connectivity index (χ1v) is 5.14. The van der Waals surface area contributed by atoms with E-state index in [1.54, 1.807) is 0 Å². The van der Waals surface area contributed by atoms with Crippen LogP contribution in [-0.4, -0.2) is 35.9 Å². The largest absolute Gasteiger partial charge is 0.396 e. The average Bonchev–Trinajstić information content (AvgIpc) is 2.33. The Morgan fingerprint density at radius 1 is 1.60 bits per heavy atom. The monoisotopic (exact) mass is 166 g/mol. The fourth-order valence-electron chi connectivity index (χ4n) is 0.949. The number of hydrogen-bond acceptors (Lipinski definition) is 4. The molecule has 4 nitrogen and oxygen atoms in total. The molecule has 1 aliphatic rings. The molecule has 0 aromatic heterocycles. The van der Waals surface area contributed by atoms with E-state index in [1.165, 1.54) is 0 Å². The molecule has 0 amide bonds. The van der Waals surface area contributed by atoms with E-state index >= 15 is 0 Å². The second-order valence-electron chi connectivity index (χ2n) is 2.48. The molecule has 2 N–H and O–H groups in total. The zero-order chi connectivity index (χ0) is 7.61. The van der Waals surface area contributed by atoms with Crippen LogP contribution in [0.25, 0.3) is 0 Å². The average molecular weight is 166 g/mol. The molecule has 5 heteroatoms. The Balaban J connectivity index is 2.49. The van der Waals surface area contributed by atoms with E-state index in [0.717, 1.165) is 0 Å². The molecule has 1 heterocycles. The van der Waals surface area contributed by atoms with Gasteiger partial charge in [0.25, 0.3) is 0 Å². The van der Waals surface area contributed by atoms with Crippen molar-refractivity contribution in [1.82, 2.24) is 0 Å². The first kappa shape index (κ1) is 8.21. The van der Waals surface area contributed by atoms with Crippen LogP contribution in [0.4, 0.5) is 0 Å². The smallest absolute Gasteiger partial charge is 0.228 e. The van der Waals surface area contributed by atoms with E-state index in [9.17, 15) is 4.57 Å². The quantitative estimate of drug-likeness (QED) is 0.560. The Kier molecular flexibility index (Phi) is 2.47. The molecule has 60 valence electrons. The summed E-state index contributed by atoms with van der Waals surface area (Å²) in [5, 5.41) is 17.2. The van der Waals surface area contributed by atoms with Crippen LogP contribution in [0.5, 0.6) is 0 Å². The summed E-state index contributed by atoms with van der Waals surface area (Å²) < 4.78 is 16.0. The van der Waals surface area contributed by atoms with E-state index in [0.29, 0.717) is 12.8 Å². The van der Waals surface area contributed by atoms with E-state index in [4.69, 9.17) is 14.7 Å². The zero-order valence-electron chi connectivity index (χ0n) is 5.56. The zero-order valence-corrected chi connectivity index (χ0v) is 6.46. The van der Waals surface area contributed by atoms with Crippen molar-refractivity contribution in [3.05, 3.63) is 0 Å². The molecule has 1 aliphatic heterocycles. The van der Waals surface area contributed by atoms with Crippen molar-refractivity contribution < 1.29 is 19.3 Å². The van der Waals surface area contributed by atoms with Crippen molar-refractivity contribution in [1.29, 1.82) is 0 Å². The fourth-order valence-corrected chi connectivity index (χ4v) is 2.74. The second-order valence-corrected chi connectivity index (χ2v) is 5.02. The van der Waals surface area contributed by atoms with Crippen LogP contribution < -0.4 is 0 Å². The lowest BCUT2D eigenvalue weighted by Crippen LogP contribution is -2.07. The molecule has 0 aromatic rings. The third kappa shape index (κ3) is 1.58. The van der Waals surface area contributed by atoms with E-state index in [1.807, 2.05) is 0 Å². The molecular weight excluding hydrogens is 155 g/mol. The maximum Gasteiger partial charge on any atom is 0.228 e. The number of aliphatic hydroxyl groups excluding tert-OH is 2. The molecule has 0 aliphatic carbocycles. The standard InChI is InChI=1S/C5H11O4P/c6-1-5-2-9-10(8,3-5)4-7/h5-7H,1-4H2. The Labute approximate surface area is 59.3 Å².